The number of ether oxygens (including phenoxy) is 1. The maximum Gasteiger partial charge on any atom is 0.323 e. The zero-order chi connectivity index (χ0) is 10.4. The number of carboxylic acids is 1. The van der Waals surface area contributed by atoms with Crippen LogP contribution in [0.25, 0.3) is 0 Å². The highest BCUT2D eigenvalue weighted by molar-refractivity contribution is 7.99. The summed E-state index contributed by atoms with van der Waals surface area (Å²) < 4.78 is 4.93. The molecule has 1 aliphatic heterocycles. The standard InChI is InChI=1S/C9H17NO3S/c1-13-7-8(9(11)12)10-3-2-5-14-6-4-10/h8H,2-7H2,1H3,(H,11,12). The number of nitrogens with zero attached hydrogens (tertiary/aromatic N) is 1. The molecule has 1 N–H and O–H groups in total. The second kappa shape index (κ2) is 6.27. The molecule has 1 saturated heterocycles. The molecule has 0 aromatic rings. The van der Waals surface area contributed by atoms with Gasteiger partial charge in [0.1, 0.15) is 6.04 Å². The minimum atomic E-state index is -0.779. The second-order valence-corrected chi connectivity index (χ2v) is 4.54. The minimum Gasteiger partial charge on any atom is -0.480 e. The van der Waals surface area contributed by atoms with Crippen LogP contribution in [-0.2, 0) is 9.53 Å². The average molecular weight is 219 g/mol. The summed E-state index contributed by atoms with van der Waals surface area (Å²) in [7, 11) is 1.54. The summed E-state index contributed by atoms with van der Waals surface area (Å²) in [6, 6.07) is -0.473. The summed E-state index contributed by atoms with van der Waals surface area (Å²) in [5.74, 6) is 1.38. The molecule has 0 aromatic carbocycles. The number of thioether (sulfide) groups is 1. The van der Waals surface area contributed by atoms with Crippen molar-refractivity contribution >= 4 is 17.7 Å². The Kier molecular flexibility index (Phi) is 5.29. The lowest BCUT2D eigenvalue weighted by atomic mass is 10.2. The fourth-order valence-electron chi connectivity index (χ4n) is 1.57. The first kappa shape index (κ1) is 11.8. The Balaban J connectivity index is 2.51. The topological polar surface area (TPSA) is 49.8 Å². The number of aliphatic carboxylic acids is 1. The van der Waals surface area contributed by atoms with Crippen LogP contribution in [0, 0.1) is 0 Å². The quantitative estimate of drug-likeness (QED) is 0.747. The minimum absolute atomic E-state index is 0.278. The van der Waals surface area contributed by atoms with Crippen molar-refractivity contribution < 1.29 is 14.6 Å². The first-order chi connectivity index (χ1) is 6.75. The molecule has 1 fully saturated rings. The van der Waals surface area contributed by atoms with E-state index in [1.54, 1.807) is 7.11 Å². The van der Waals surface area contributed by atoms with Crippen LogP contribution in [0.3, 0.4) is 0 Å². The molecular formula is C9H17NO3S. The van der Waals surface area contributed by atoms with Crippen LogP contribution in [0.2, 0.25) is 0 Å². The van der Waals surface area contributed by atoms with E-state index in [1.165, 1.54) is 0 Å². The summed E-state index contributed by atoms with van der Waals surface area (Å²) in [5, 5.41) is 9.02. The number of rotatable bonds is 4. The molecule has 4 nitrogen and oxygen atoms in total. The van der Waals surface area contributed by atoms with E-state index in [9.17, 15) is 4.79 Å². The monoisotopic (exact) mass is 219 g/mol. The smallest absolute Gasteiger partial charge is 0.323 e. The van der Waals surface area contributed by atoms with E-state index < -0.39 is 12.0 Å². The Bertz CT molecular complexity index is 181. The van der Waals surface area contributed by atoms with Crippen LogP contribution >= 0.6 is 11.8 Å². The Hall–Kier alpha value is -0.260. The SMILES string of the molecule is COCC(C(=O)O)N1CCCSCC1. The van der Waals surface area contributed by atoms with Gasteiger partial charge < -0.3 is 9.84 Å². The number of carbonyl (C=O) groups is 1. The van der Waals surface area contributed by atoms with Gasteiger partial charge in [-0.15, -0.1) is 0 Å². The summed E-state index contributed by atoms with van der Waals surface area (Å²) in [5.41, 5.74) is 0. The third kappa shape index (κ3) is 3.48. The second-order valence-electron chi connectivity index (χ2n) is 3.31. The van der Waals surface area contributed by atoms with E-state index in [1.807, 2.05) is 16.7 Å². The maximum atomic E-state index is 11.0. The molecule has 82 valence electrons. The first-order valence-electron chi connectivity index (χ1n) is 4.79. The summed E-state index contributed by atoms with van der Waals surface area (Å²) in [6.45, 7) is 2.00. The third-order valence-electron chi connectivity index (χ3n) is 2.31. The largest absolute Gasteiger partial charge is 0.480 e. The van der Waals surface area contributed by atoms with E-state index in [0.29, 0.717) is 0 Å². The lowest BCUT2D eigenvalue weighted by Crippen LogP contribution is -2.45. The van der Waals surface area contributed by atoms with Gasteiger partial charge in [-0.05, 0) is 18.7 Å². The van der Waals surface area contributed by atoms with Gasteiger partial charge in [0.25, 0.3) is 0 Å². The Morgan fingerprint density at radius 2 is 2.36 bits per heavy atom. The van der Waals surface area contributed by atoms with Crippen LogP contribution < -0.4 is 0 Å². The van der Waals surface area contributed by atoms with Crippen molar-refractivity contribution in [2.45, 2.75) is 12.5 Å². The molecule has 0 bridgehead atoms. The van der Waals surface area contributed by atoms with Gasteiger partial charge in [0.05, 0.1) is 6.61 Å². The van der Waals surface area contributed by atoms with Crippen LogP contribution in [-0.4, -0.2) is 60.3 Å². The Morgan fingerprint density at radius 3 is 3.00 bits per heavy atom. The molecule has 1 aliphatic rings. The van der Waals surface area contributed by atoms with Gasteiger partial charge in [0.2, 0.25) is 0 Å². The van der Waals surface area contributed by atoms with Crippen molar-refractivity contribution in [3.05, 3.63) is 0 Å². The molecule has 1 heterocycles. The summed E-state index contributed by atoms with van der Waals surface area (Å²) in [4.78, 5) is 13.0. The van der Waals surface area contributed by atoms with Gasteiger partial charge in [0.15, 0.2) is 0 Å². The average Bonchev–Trinajstić information content (AvgIpc) is 2.41. The Labute approximate surface area is 88.6 Å². The van der Waals surface area contributed by atoms with E-state index in [2.05, 4.69) is 0 Å². The molecule has 0 spiro atoms. The van der Waals surface area contributed by atoms with E-state index in [0.717, 1.165) is 31.0 Å². The zero-order valence-corrected chi connectivity index (χ0v) is 9.26. The molecule has 0 aliphatic carbocycles. The zero-order valence-electron chi connectivity index (χ0n) is 8.44. The molecule has 0 amide bonds. The van der Waals surface area contributed by atoms with Crippen molar-refractivity contribution in [1.29, 1.82) is 0 Å². The fourth-order valence-corrected chi connectivity index (χ4v) is 2.47. The lowest BCUT2D eigenvalue weighted by molar-refractivity contribution is -0.145. The summed E-state index contributed by atoms with van der Waals surface area (Å²) >= 11 is 1.89. The van der Waals surface area contributed by atoms with Crippen molar-refractivity contribution in [3.63, 3.8) is 0 Å². The Morgan fingerprint density at radius 1 is 1.57 bits per heavy atom. The maximum absolute atomic E-state index is 11.0. The van der Waals surface area contributed by atoms with Crippen molar-refractivity contribution in [1.82, 2.24) is 4.90 Å². The van der Waals surface area contributed by atoms with Gasteiger partial charge in [-0.25, -0.2) is 0 Å². The highest BCUT2D eigenvalue weighted by atomic mass is 32.2. The molecule has 14 heavy (non-hydrogen) atoms. The van der Waals surface area contributed by atoms with Crippen LogP contribution in [0.5, 0.6) is 0 Å². The molecule has 1 atom stereocenters. The number of methoxy groups -OCH3 is 1. The highest BCUT2D eigenvalue weighted by Crippen LogP contribution is 2.12. The summed E-state index contributed by atoms with van der Waals surface area (Å²) in [6.07, 6.45) is 1.07. The predicted molar refractivity (Wildman–Crippen MR) is 56.8 cm³/mol. The number of hydrogen-bond donors (Lipinski definition) is 1. The molecule has 0 radical (unpaired) electrons. The fraction of sp³-hybridized carbons (Fsp3) is 0.889. The van der Waals surface area contributed by atoms with E-state index in [-0.39, 0.29) is 6.61 Å². The molecule has 5 heteroatoms. The van der Waals surface area contributed by atoms with Crippen molar-refractivity contribution in [3.8, 4) is 0 Å². The third-order valence-corrected chi connectivity index (χ3v) is 3.36. The molecule has 0 saturated carbocycles. The van der Waals surface area contributed by atoms with Crippen LogP contribution in [0.4, 0.5) is 0 Å². The van der Waals surface area contributed by atoms with Crippen molar-refractivity contribution in [2.75, 3.05) is 38.3 Å². The van der Waals surface area contributed by atoms with Gasteiger partial charge in [0, 0.05) is 19.4 Å². The van der Waals surface area contributed by atoms with E-state index >= 15 is 0 Å². The van der Waals surface area contributed by atoms with Gasteiger partial charge in [-0.3, -0.25) is 9.69 Å². The van der Waals surface area contributed by atoms with Crippen LogP contribution in [0.1, 0.15) is 6.42 Å². The molecular weight excluding hydrogens is 202 g/mol. The molecule has 0 aromatic heterocycles. The molecule has 1 unspecified atom stereocenters. The predicted octanol–water partition coefficient (Wildman–Crippen LogP) is 0.525. The normalized spacial score (nSPS) is 21.5. The lowest BCUT2D eigenvalue weighted by Gasteiger charge is -2.26. The van der Waals surface area contributed by atoms with Crippen molar-refractivity contribution in [2.24, 2.45) is 0 Å². The van der Waals surface area contributed by atoms with Gasteiger partial charge >= 0.3 is 5.97 Å². The number of hydrogen-bond acceptors (Lipinski definition) is 4. The highest BCUT2D eigenvalue weighted by Gasteiger charge is 2.25. The first-order valence-corrected chi connectivity index (χ1v) is 5.94. The van der Waals surface area contributed by atoms with Gasteiger partial charge in [-0.1, -0.05) is 0 Å². The number of carboxylic acid groups (broad SMARTS) is 1. The molecule has 1 rings (SSSR count). The van der Waals surface area contributed by atoms with Gasteiger partial charge in [-0.2, -0.15) is 11.8 Å². The van der Waals surface area contributed by atoms with Crippen LogP contribution in [0.15, 0.2) is 0 Å². The van der Waals surface area contributed by atoms with E-state index in [4.69, 9.17) is 9.84 Å².